The number of benzene rings is 7. The van der Waals surface area contributed by atoms with Crippen LogP contribution in [0.25, 0.3) is 91.6 Å². The lowest BCUT2D eigenvalue weighted by Gasteiger charge is -2.13. The first-order chi connectivity index (χ1) is 21.8. The monoisotopic (exact) mass is 577 g/mol. The van der Waals surface area contributed by atoms with Crippen LogP contribution in [-0.2, 0) is 0 Å². The summed E-state index contributed by atoms with van der Waals surface area (Å²) in [5.74, 6) is 0.680. The fourth-order valence-electron chi connectivity index (χ4n) is 7.03. The van der Waals surface area contributed by atoms with E-state index in [-0.39, 0.29) is 0 Å². The summed E-state index contributed by atoms with van der Waals surface area (Å²) in [6, 6.07) is 50.0. The van der Waals surface area contributed by atoms with Gasteiger partial charge < -0.3 is 0 Å². The lowest BCUT2D eigenvalue weighted by atomic mass is 9.99. The molecule has 10 aromatic rings. The van der Waals surface area contributed by atoms with Gasteiger partial charge in [0, 0.05) is 41.9 Å². The van der Waals surface area contributed by atoms with E-state index in [1.165, 1.54) is 52.5 Å². The van der Waals surface area contributed by atoms with Crippen molar-refractivity contribution in [1.82, 2.24) is 14.5 Å². The molecule has 0 amide bonds. The molecule has 10 rings (SSSR count). The first-order valence-corrected chi connectivity index (χ1v) is 15.7. The van der Waals surface area contributed by atoms with E-state index in [1.54, 1.807) is 0 Å². The Hall–Kier alpha value is -5.58. The SMILES string of the molecule is c1ccc2c(-c3nc(-n4c5ccccc5c5cc6ccc7sc8ccccc8c7c6cc54)nc4ccccc34)cccc2c1. The van der Waals surface area contributed by atoms with Gasteiger partial charge in [-0.2, -0.15) is 0 Å². The molecule has 44 heavy (non-hydrogen) atoms. The van der Waals surface area contributed by atoms with Crippen LogP contribution in [0.2, 0.25) is 0 Å². The number of hydrogen-bond donors (Lipinski definition) is 0. The molecule has 0 bridgehead atoms. The predicted octanol–water partition coefficient (Wildman–Crippen LogP) is 11.1. The van der Waals surface area contributed by atoms with E-state index in [0.717, 1.165) is 33.2 Å². The van der Waals surface area contributed by atoms with E-state index in [9.17, 15) is 0 Å². The van der Waals surface area contributed by atoms with Gasteiger partial charge in [-0.05, 0) is 57.9 Å². The van der Waals surface area contributed by atoms with Crippen LogP contribution in [0.3, 0.4) is 0 Å². The van der Waals surface area contributed by atoms with Gasteiger partial charge in [0.1, 0.15) is 0 Å². The van der Waals surface area contributed by atoms with Crippen molar-refractivity contribution >= 4 is 85.8 Å². The highest BCUT2D eigenvalue weighted by molar-refractivity contribution is 7.26. The van der Waals surface area contributed by atoms with E-state index in [2.05, 4.69) is 144 Å². The summed E-state index contributed by atoms with van der Waals surface area (Å²) in [5.41, 5.74) is 5.20. The molecule has 0 fully saturated rings. The molecule has 0 saturated heterocycles. The third-order valence-electron chi connectivity index (χ3n) is 8.99. The summed E-state index contributed by atoms with van der Waals surface area (Å²) in [5, 5.41) is 11.0. The fourth-order valence-corrected chi connectivity index (χ4v) is 8.15. The Morgan fingerprint density at radius 2 is 1.20 bits per heavy atom. The number of para-hydroxylation sites is 2. The third-order valence-corrected chi connectivity index (χ3v) is 10.1. The number of fused-ring (bicyclic) bond motifs is 10. The van der Waals surface area contributed by atoms with E-state index in [4.69, 9.17) is 9.97 Å². The Balaban J connectivity index is 1.35. The molecule has 3 aromatic heterocycles. The highest BCUT2D eigenvalue weighted by atomic mass is 32.1. The minimum Gasteiger partial charge on any atom is -0.278 e. The topological polar surface area (TPSA) is 30.7 Å². The molecule has 204 valence electrons. The van der Waals surface area contributed by atoms with Crippen LogP contribution in [0.4, 0.5) is 0 Å². The van der Waals surface area contributed by atoms with E-state index in [0.29, 0.717) is 5.95 Å². The number of nitrogens with zero attached hydrogens (tertiary/aromatic N) is 3. The van der Waals surface area contributed by atoms with Crippen LogP contribution in [-0.4, -0.2) is 14.5 Å². The maximum Gasteiger partial charge on any atom is 0.235 e. The Morgan fingerprint density at radius 1 is 0.455 bits per heavy atom. The van der Waals surface area contributed by atoms with Crippen LogP contribution >= 0.6 is 11.3 Å². The lowest BCUT2D eigenvalue weighted by molar-refractivity contribution is 1.01. The van der Waals surface area contributed by atoms with Gasteiger partial charge in [0.15, 0.2) is 0 Å². The van der Waals surface area contributed by atoms with Crippen molar-refractivity contribution in [3.63, 3.8) is 0 Å². The predicted molar refractivity (Wildman–Crippen MR) is 187 cm³/mol. The van der Waals surface area contributed by atoms with Gasteiger partial charge in [-0.1, -0.05) is 103 Å². The molecule has 3 heterocycles. The van der Waals surface area contributed by atoms with Gasteiger partial charge in [0.2, 0.25) is 5.95 Å². The normalized spacial score (nSPS) is 12.1. The maximum atomic E-state index is 5.40. The lowest BCUT2D eigenvalue weighted by Crippen LogP contribution is -2.03. The summed E-state index contributed by atoms with van der Waals surface area (Å²) < 4.78 is 4.88. The molecule has 0 aliphatic heterocycles. The smallest absolute Gasteiger partial charge is 0.235 e. The van der Waals surface area contributed by atoms with Gasteiger partial charge in [-0.15, -0.1) is 11.3 Å². The van der Waals surface area contributed by atoms with Crippen LogP contribution < -0.4 is 0 Å². The van der Waals surface area contributed by atoms with Gasteiger partial charge in [-0.25, -0.2) is 9.97 Å². The summed E-state index contributed by atoms with van der Waals surface area (Å²) in [6.45, 7) is 0. The summed E-state index contributed by atoms with van der Waals surface area (Å²) in [4.78, 5) is 10.6. The molecule has 3 nitrogen and oxygen atoms in total. The second-order valence-electron chi connectivity index (χ2n) is 11.4. The van der Waals surface area contributed by atoms with Crippen molar-refractivity contribution in [2.75, 3.05) is 0 Å². The second kappa shape index (κ2) is 8.96. The summed E-state index contributed by atoms with van der Waals surface area (Å²) in [7, 11) is 0. The number of rotatable bonds is 2. The molecular weight excluding hydrogens is 555 g/mol. The zero-order valence-electron chi connectivity index (χ0n) is 23.5. The first-order valence-electron chi connectivity index (χ1n) is 14.8. The van der Waals surface area contributed by atoms with Crippen LogP contribution in [0.15, 0.2) is 140 Å². The fraction of sp³-hybridized carbons (Fsp3) is 0. The maximum absolute atomic E-state index is 5.40. The first kappa shape index (κ1) is 23.9. The highest BCUT2D eigenvalue weighted by Gasteiger charge is 2.19. The number of hydrogen-bond acceptors (Lipinski definition) is 3. The van der Waals surface area contributed by atoms with Crippen molar-refractivity contribution in [3.05, 3.63) is 140 Å². The number of aromatic nitrogens is 3. The van der Waals surface area contributed by atoms with E-state index >= 15 is 0 Å². The van der Waals surface area contributed by atoms with Crippen molar-refractivity contribution in [2.45, 2.75) is 0 Å². The van der Waals surface area contributed by atoms with Crippen molar-refractivity contribution < 1.29 is 0 Å². The average Bonchev–Trinajstić information content (AvgIpc) is 3.62. The molecule has 4 heteroatoms. The number of thiophene rings is 1. The molecule has 0 saturated carbocycles. The minimum absolute atomic E-state index is 0.680. The average molecular weight is 578 g/mol. The Bertz CT molecular complexity index is 2780. The van der Waals surface area contributed by atoms with Crippen molar-refractivity contribution in [3.8, 4) is 17.2 Å². The molecule has 0 atom stereocenters. The standard InChI is InChI=1S/C40H23N3S/c1-2-12-26-24(10-1)11-9-16-28(26)39-29-14-3-6-17-33(29)41-40(42-39)43-34-18-7-4-13-27(34)32-22-25-20-21-37-38(31(25)23-35(32)43)30-15-5-8-19-36(30)44-37/h1-23H. The van der Waals surface area contributed by atoms with Crippen molar-refractivity contribution in [1.29, 1.82) is 0 Å². The molecule has 7 aromatic carbocycles. The summed E-state index contributed by atoms with van der Waals surface area (Å²) >= 11 is 1.86. The van der Waals surface area contributed by atoms with Gasteiger partial charge >= 0.3 is 0 Å². The Kier molecular flexibility index (Phi) is 4.87. The Labute approximate surface area is 256 Å². The largest absolute Gasteiger partial charge is 0.278 e. The molecular formula is C40H23N3S. The molecule has 0 aliphatic rings. The van der Waals surface area contributed by atoms with Crippen LogP contribution in [0, 0.1) is 0 Å². The molecule has 0 N–H and O–H groups in total. The molecule has 0 radical (unpaired) electrons. The quantitative estimate of drug-likeness (QED) is 0.205. The second-order valence-corrected chi connectivity index (χ2v) is 12.5. The van der Waals surface area contributed by atoms with Crippen molar-refractivity contribution in [2.24, 2.45) is 0 Å². The van der Waals surface area contributed by atoms with Crippen LogP contribution in [0.5, 0.6) is 0 Å². The van der Waals surface area contributed by atoms with Gasteiger partial charge in [-0.3, -0.25) is 4.57 Å². The van der Waals surface area contributed by atoms with Crippen LogP contribution in [0.1, 0.15) is 0 Å². The highest BCUT2D eigenvalue weighted by Crippen LogP contribution is 2.42. The molecule has 0 spiro atoms. The molecule has 0 aliphatic carbocycles. The zero-order valence-corrected chi connectivity index (χ0v) is 24.3. The van der Waals surface area contributed by atoms with E-state index in [1.807, 2.05) is 11.3 Å². The summed E-state index contributed by atoms with van der Waals surface area (Å²) in [6.07, 6.45) is 0. The van der Waals surface area contributed by atoms with Gasteiger partial charge in [0.05, 0.1) is 22.2 Å². The van der Waals surface area contributed by atoms with E-state index < -0.39 is 0 Å². The third kappa shape index (κ3) is 3.31. The van der Waals surface area contributed by atoms with Gasteiger partial charge in [0.25, 0.3) is 0 Å². The Morgan fingerprint density at radius 3 is 2.14 bits per heavy atom. The zero-order chi connectivity index (χ0) is 28.8. The molecule has 0 unspecified atom stereocenters. The minimum atomic E-state index is 0.680.